The predicted octanol–water partition coefficient (Wildman–Crippen LogP) is 1.87. The van der Waals surface area contributed by atoms with Gasteiger partial charge in [-0.15, -0.1) is 0 Å². The third-order valence-corrected chi connectivity index (χ3v) is 4.63. The van der Waals surface area contributed by atoms with Gasteiger partial charge in [0.05, 0.1) is 18.0 Å². The Morgan fingerprint density at radius 3 is 2.94 bits per heavy atom. The van der Waals surface area contributed by atoms with Crippen LogP contribution in [0.1, 0.15) is 19.3 Å². The molecule has 0 radical (unpaired) electrons. The second kappa shape index (κ2) is 3.91. The van der Waals surface area contributed by atoms with Gasteiger partial charge >= 0.3 is 0 Å². The Balaban J connectivity index is 1.87. The summed E-state index contributed by atoms with van der Waals surface area (Å²) in [5, 5.41) is 9.70. The summed E-state index contributed by atoms with van der Waals surface area (Å²) in [6.45, 7) is 2.33. The van der Waals surface area contributed by atoms with Gasteiger partial charge in [-0.2, -0.15) is 0 Å². The van der Waals surface area contributed by atoms with Gasteiger partial charge in [0.2, 0.25) is 0 Å². The van der Waals surface area contributed by atoms with Crippen molar-refractivity contribution >= 4 is 11.4 Å². The van der Waals surface area contributed by atoms with E-state index in [0.29, 0.717) is 12.5 Å². The van der Waals surface area contributed by atoms with Crippen LogP contribution in [-0.4, -0.2) is 24.8 Å². The molecule has 0 bridgehead atoms. The van der Waals surface area contributed by atoms with Crippen LogP contribution in [0.15, 0.2) is 24.3 Å². The van der Waals surface area contributed by atoms with Crippen molar-refractivity contribution < 1.29 is 5.11 Å². The Morgan fingerprint density at radius 2 is 2.24 bits per heavy atom. The Morgan fingerprint density at radius 1 is 1.41 bits per heavy atom. The molecule has 2 aliphatic rings. The fourth-order valence-electron chi connectivity index (χ4n) is 3.63. The van der Waals surface area contributed by atoms with E-state index in [1.54, 1.807) is 0 Å². The molecule has 17 heavy (non-hydrogen) atoms. The zero-order valence-electron chi connectivity index (χ0n) is 10.1. The molecule has 2 atom stereocenters. The lowest BCUT2D eigenvalue weighted by atomic mass is 9.82. The number of aliphatic hydroxyl groups excluding tert-OH is 1. The molecule has 1 aromatic carbocycles. The first-order valence-electron chi connectivity index (χ1n) is 6.45. The van der Waals surface area contributed by atoms with Crippen molar-refractivity contribution in [3.63, 3.8) is 0 Å². The molecular formula is C14H20N2O. The first kappa shape index (κ1) is 10.9. The number of hydrogen-bond donors (Lipinski definition) is 2. The van der Waals surface area contributed by atoms with Gasteiger partial charge in [-0.1, -0.05) is 18.6 Å². The molecule has 92 valence electrons. The van der Waals surface area contributed by atoms with E-state index in [1.165, 1.54) is 12.8 Å². The van der Waals surface area contributed by atoms with Crippen molar-refractivity contribution in [2.75, 3.05) is 30.3 Å². The SMILES string of the molecule is Nc1ccccc1N1CC2CCCC2(CO)C1. The van der Waals surface area contributed by atoms with Crippen molar-refractivity contribution in [2.45, 2.75) is 19.3 Å². The number of aliphatic hydroxyl groups is 1. The zero-order valence-corrected chi connectivity index (χ0v) is 10.1. The Bertz CT molecular complexity index is 420. The molecule has 2 fully saturated rings. The molecule has 2 unspecified atom stereocenters. The quantitative estimate of drug-likeness (QED) is 0.765. The summed E-state index contributed by atoms with van der Waals surface area (Å²) in [5.74, 6) is 0.645. The maximum Gasteiger partial charge on any atom is 0.0600 e. The molecular weight excluding hydrogens is 212 g/mol. The van der Waals surface area contributed by atoms with Gasteiger partial charge in [0.1, 0.15) is 0 Å². The molecule has 3 N–H and O–H groups in total. The minimum Gasteiger partial charge on any atom is -0.397 e. The van der Waals surface area contributed by atoms with Crippen LogP contribution in [0.3, 0.4) is 0 Å². The van der Waals surface area contributed by atoms with Gasteiger partial charge in [0.25, 0.3) is 0 Å². The number of nitrogens with two attached hydrogens (primary N) is 1. The normalized spacial score (nSPS) is 31.8. The number of nitrogen functional groups attached to an aromatic ring is 1. The highest BCUT2D eigenvalue weighted by Crippen LogP contribution is 2.49. The van der Waals surface area contributed by atoms with Gasteiger partial charge in [0, 0.05) is 18.5 Å². The van der Waals surface area contributed by atoms with Crippen molar-refractivity contribution in [1.29, 1.82) is 0 Å². The first-order chi connectivity index (χ1) is 8.25. The highest BCUT2D eigenvalue weighted by atomic mass is 16.3. The average Bonchev–Trinajstić information content (AvgIpc) is 2.86. The summed E-state index contributed by atoms with van der Waals surface area (Å²) in [6.07, 6.45) is 3.69. The molecule has 1 aromatic rings. The lowest BCUT2D eigenvalue weighted by Gasteiger charge is -2.27. The minimum absolute atomic E-state index is 0.141. The average molecular weight is 232 g/mol. The number of hydrogen-bond acceptors (Lipinski definition) is 3. The minimum atomic E-state index is 0.141. The topological polar surface area (TPSA) is 49.5 Å². The van der Waals surface area contributed by atoms with E-state index in [4.69, 9.17) is 5.73 Å². The van der Waals surface area contributed by atoms with Crippen LogP contribution in [0.4, 0.5) is 11.4 Å². The summed E-state index contributed by atoms with van der Waals surface area (Å²) in [7, 11) is 0. The molecule has 0 aromatic heterocycles. The number of rotatable bonds is 2. The van der Waals surface area contributed by atoms with E-state index in [-0.39, 0.29) is 5.41 Å². The summed E-state index contributed by atoms with van der Waals surface area (Å²) in [5.41, 5.74) is 8.15. The molecule has 1 saturated heterocycles. The molecule has 3 heteroatoms. The van der Waals surface area contributed by atoms with Gasteiger partial charge < -0.3 is 15.7 Å². The molecule has 1 saturated carbocycles. The third-order valence-electron chi connectivity index (χ3n) is 4.63. The third kappa shape index (κ3) is 1.61. The lowest BCUT2D eigenvalue weighted by Crippen LogP contribution is -2.31. The maximum absolute atomic E-state index is 9.70. The van der Waals surface area contributed by atoms with Gasteiger partial charge in [0.15, 0.2) is 0 Å². The van der Waals surface area contributed by atoms with Crippen molar-refractivity contribution in [3.05, 3.63) is 24.3 Å². The van der Waals surface area contributed by atoms with Crippen molar-refractivity contribution in [2.24, 2.45) is 11.3 Å². The number of fused-ring (bicyclic) bond motifs is 1. The van der Waals surface area contributed by atoms with Crippen LogP contribution in [0.5, 0.6) is 0 Å². The Hall–Kier alpha value is -1.22. The lowest BCUT2D eigenvalue weighted by molar-refractivity contribution is 0.121. The molecule has 0 spiro atoms. The molecule has 1 heterocycles. The summed E-state index contributed by atoms with van der Waals surface area (Å²) < 4.78 is 0. The monoisotopic (exact) mass is 232 g/mol. The number of benzene rings is 1. The highest BCUT2D eigenvalue weighted by molar-refractivity contribution is 5.68. The van der Waals surface area contributed by atoms with E-state index >= 15 is 0 Å². The molecule has 1 aliphatic carbocycles. The van der Waals surface area contributed by atoms with Gasteiger partial charge in [-0.25, -0.2) is 0 Å². The zero-order chi connectivity index (χ0) is 11.9. The highest BCUT2D eigenvalue weighted by Gasteiger charge is 2.49. The second-order valence-corrected chi connectivity index (χ2v) is 5.55. The van der Waals surface area contributed by atoms with E-state index in [2.05, 4.69) is 11.0 Å². The fourth-order valence-corrected chi connectivity index (χ4v) is 3.63. The molecule has 1 aliphatic heterocycles. The van der Waals surface area contributed by atoms with Crippen LogP contribution in [-0.2, 0) is 0 Å². The van der Waals surface area contributed by atoms with E-state index < -0.39 is 0 Å². The van der Waals surface area contributed by atoms with Crippen LogP contribution >= 0.6 is 0 Å². The van der Waals surface area contributed by atoms with Gasteiger partial charge in [-0.05, 0) is 30.9 Å². The number of nitrogens with zero attached hydrogens (tertiary/aromatic N) is 1. The standard InChI is InChI=1S/C14H20N2O/c15-12-5-1-2-6-13(12)16-8-11-4-3-7-14(11,9-16)10-17/h1-2,5-6,11,17H,3-4,7-10,15H2. The first-order valence-corrected chi connectivity index (χ1v) is 6.45. The Kier molecular flexibility index (Phi) is 2.51. The van der Waals surface area contributed by atoms with Crippen LogP contribution in [0.2, 0.25) is 0 Å². The molecule has 0 amide bonds. The second-order valence-electron chi connectivity index (χ2n) is 5.55. The predicted molar refractivity (Wildman–Crippen MR) is 69.9 cm³/mol. The maximum atomic E-state index is 9.70. The van der Waals surface area contributed by atoms with E-state index in [1.807, 2.05) is 18.2 Å². The summed E-state index contributed by atoms with van der Waals surface area (Å²) >= 11 is 0. The largest absolute Gasteiger partial charge is 0.397 e. The van der Waals surface area contributed by atoms with Crippen LogP contribution in [0, 0.1) is 11.3 Å². The number of anilines is 2. The van der Waals surface area contributed by atoms with Crippen LogP contribution in [0.25, 0.3) is 0 Å². The summed E-state index contributed by atoms with van der Waals surface area (Å²) in [4.78, 5) is 2.36. The molecule has 3 nitrogen and oxygen atoms in total. The smallest absolute Gasteiger partial charge is 0.0600 e. The molecule has 3 rings (SSSR count). The fraction of sp³-hybridized carbons (Fsp3) is 0.571. The Labute approximate surface area is 102 Å². The van der Waals surface area contributed by atoms with Crippen molar-refractivity contribution in [1.82, 2.24) is 0 Å². The number of para-hydroxylation sites is 2. The van der Waals surface area contributed by atoms with Crippen molar-refractivity contribution in [3.8, 4) is 0 Å². The summed E-state index contributed by atoms with van der Waals surface area (Å²) in [6, 6.07) is 8.04. The van der Waals surface area contributed by atoms with Crippen LogP contribution < -0.4 is 10.6 Å². The van der Waals surface area contributed by atoms with E-state index in [9.17, 15) is 5.11 Å². The van der Waals surface area contributed by atoms with Gasteiger partial charge in [-0.3, -0.25) is 0 Å². The van der Waals surface area contributed by atoms with E-state index in [0.717, 1.165) is 30.9 Å².